The maximum absolute atomic E-state index is 15.2. The third-order valence-corrected chi connectivity index (χ3v) is 6.28. The van der Waals surface area contributed by atoms with E-state index < -0.39 is 17.6 Å². The molecule has 0 saturated heterocycles. The van der Waals surface area contributed by atoms with E-state index in [4.69, 9.17) is 27.9 Å². The number of ether oxygens (including phenoxy) is 1. The molecule has 0 atom stereocenters. The number of rotatable bonds is 6. The molecule has 2 aromatic heterocycles. The summed E-state index contributed by atoms with van der Waals surface area (Å²) in [5.74, 6) is -1.91. The molecule has 0 spiro atoms. The molecular formula is C23H16Cl2F2N2O3S. The van der Waals surface area contributed by atoms with Crippen LogP contribution in [0.15, 0.2) is 47.8 Å². The van der Waals surface area contributed by atoms with Crippen LogP contribution in [0.1, 0.15) is 22.3 Å². The number of aliphatic hydroxyl groups is 1. The number of aliphatic hydroxyl groups excluding tert-OH is 1. The summed E-state index contributed by atoms with van der Waals surface area (Å²) in [6, 6.07) is 10.0. The molecule has 1 N–H and O–H groups in total. The Kier molecular flexibility index (Phi) is 6.81. The van der Waals surface area contributed by atoms with Gasteiger partial charge in [-0.1, -0.05) is 29.3 Å². The Balaban J connectivity index is 2.12. The number of nitrogens with zero attached hydrogens (tertiary/aromatic N) is 2. The van der Waals surface area contributed by atoms with Crippen molar-refractivity contribution in [3.8, 4) is 28.3 Å². The summed E-state index contributed by atoms with van der Waals surface area (Å²) < 4.78 is 35.7. The van der Waals surface area contributed by atoms with E-state index in [1.165, 1.54) is 40.2 Å². The zero-order valence-corrected chi connectivity index (χ0v) is 19.4. The van der Waals surface area contributed by atoms with Gasteiger partial charge in [-0.15, -0.1) is 11.3 Å². The van der Waals surface area contributed by atoms with E-state index in [2.05, 4.69) is 4.98 Å². The number of thiophene rings is 1. The zero-order chi connectivity index (χ0) is 23.7. The van der Waals surface area contributed by atoms with E-state index in [0.717, 1.165) is 6.07 Å². The average Bonchev–Trinajstić information content (AvgIpc) is 3.42. The Morgan fingerprint density at radius 3 is 2.61 bits per heavy atom. The third kappa shape index (κ3) is 4.39. The van der Waals surface area contributed by atoms with Crippen molar-refractivity contribution >= 4 is 40.5 Å². The molecule has 4 aromatic rings. The van der Waals surface area contributed by atoms with Gasteiger partial charge in [0.05, 0.1) is 34.6 Å². The first-order chi connectivity index (χ1) is 15.8. The molecule has 0 amide bonds. The lowest BCUT2D eigenvalue weighted by atomic mass is 10.1. The zero-order valence-electron chi connectivity index (χ0n) is 17.1. The number of carbonyl (C=O) groups is 1. The number of halogens is 4. The lowest BCUT2D eigenvalue weighted by Gasteiger charge is -2.14. The fourth-order valence-electron chi connectivity index (χ4n) is 3.35. The van der Waals surface area contributed by atoms with Gasteiger partial charge >= 0.3 is 5.97 Å². The monoisotopic (exact) mass is 508 g/mol. The van der Waals surface area contributed by atoms with Crippen molar-refractivity contribution in [1.29, 1.82) is 0 Å². The van der Waals surface area contributed by atoms with Crippen LogP contribution in [0.4, 0.5) is 8.78 Å². The molecule has 170 valence electrons. The fraction of sp³-hybridized carbons (Fsp3) is 0.130. The molecule has 0 aliphatic rings. The van der Waals surface area contributed by atoms with E-state index in [-0.39, 0.29) is 46.2 Å². The molecule has 2 aromatic carbocycles. The normalized spacial score (nSPS) is 11.1. The first-order valence-electron chi connectivity index (χ1n) is 9.74. The predicted molar refractivity (Wildman–Crippen MR) is 124 cm³/mol. The van der Waals surface area contributed by atoms with Gasteiger partial charge in [0, 0.05) is 21.4 Å². The quantitative estimate of drug-likeness (QED) is 0.301. The van der Waals surface area contributed by atoms with Crippen molar-refractivity contribution in [1.82, 2.24) is 9.55 Å². The highest BCUT2D eigenvalue weighted by Crippen LogP contribution is 2.38. The Bertz CT molecular complexity index is 1350. The van der Waals surface area contributed by atoms with Crippen LogP contribution in [0.25, 0.3) is 28.3 Å². The first kappa shape index (κ1) is 23.4. The lowest BCUT2D eigenvalue weighted by Crippen LogP contribution is -2.08. The average molecular weight is 509 g/mol. The molecule has 0 fully saturated rings. The highest BCUT2D eigenvalue weighted by Gasteiger charge is 2.29. The molecule has 5 nitrogen and oxygen atoms in total. The summed E-state index contributed by atoms with van der Waals surface area (Å²) in [7, 11) is 0. The van der Waals surface area contributed by atoms with Crippen LogP contribution in [0.3, 0.4) is 0 Å². The number of esters is 1. The molecule has 4 rings (SSSR count). The molecule has 2 heterocycles. The molecule has 0 bridgehead atoms. The topological polar surface area (TPSA) is 64.3 Å². The minimum atomic E-state index is -0.743. The Labute approximate surface area is 201 Å². The maximum Gasteiger partial charge on any atom is 0.359 e. The fourth-order valence-corrected chi connectivity index (χ4v) is 4.42. The van der Waals surface area contributed by atoms with E-state index >= 15 is 4.39 Å². The van der Waals surface area contributed by atoms with Gasteiger partial charge in [-0.05, 0) is 43.3 Å². The van der Waals surface area contributed by atoms with Crippen LogP contribution in [-0.2, 0) is 11.3 Å². The van der Waals surface area contributed by atoms with Gasteiger partial charge < -0.3 is 9.84 Å². The highest BCUT2D eigenvalue weighted by atomic mass is 35.5. The van der Waals surface area contributed by atoms with Gasteiger partial charge in [-0.2, -0.15) is 0 Å². The molecule has 0 aliphatic carbocycles. The Morgan fingerprint density at radius 1 is 1.15 bits per heavy atom. The Morgan fingerprint density at radius 2 is 1.94 bits per heavy atom. The second-order valence-electron chi connectivity index (χ2n) is 6.85. The molecule has 0 aliphatic heterocycles. The highest BCUT2D eigenvalue weighted by molar-refractivity contribution is 7.10. The van der Waals surface area contributed by atoms with Gasteiger partial charge in [-0.25, -0.2) is 18.6 Å². The molecular weight excluding hydrogens is 493 g/mol. The van der Waals surface area contributed by atoms with Crippen LogP contribution >= 0.6 is 34.5 Å². The van der Waals surface area contributed by atoms with Crippen LogP contribution in [0.5, 0.6) is 0 Å². The minimum Gasteiger partial charge on any atom is -0.461 e. The number of imidazole rings is 1. The summed E-state index contributed by atoms with van der Waals surface area (Å²) in [5, 5.41) is 10.9. The number of benzene rings is 2. The molecule has 0 radical (unpaired) electrons. The van der Waals surface area contributed by atoms with Crippen molar-refractivity contribution < 1.29 is 23.4 Å². The largest absolute Gasteiger partial charge is 0.461 e. The first-order valence-corrected chi connectivity index (χ1v) is 11.4. The maximum atomic E-state index is 15.2. The van der Waals surface area contributed by atoms with E-state index in [1.807, 2.05) is 0 Å². The van der Waals surface area contributed by atoms with Gasteiger partial charge in [-0.3, -0.25) is 4.57 Å². The predicted octanol–water partition coefficient (Wildman–Crippen LogP) is 6.52. The van der Waals surface area contributed by atoms with E-state index in [0.29, 0.717) is 16.0 Å². The van der Waals surface area contributed by atoms with Crippen LogP contribution in [0.2, 0.25) is 10.0 Å². The van der Waals surface area contributed by atoms with Crippen molar-refractivity contribution in [2.45, 2.75) is 13.5 Å². The number of hydrogen-bond donors (Lipinski definition) is 1. The van der Waals surface area contributed by atoms with Crippen molar-refractivity contribution in [2.24, 2.45) is 0 Å². The van der Waals surface area contributed by atoms with Crippen LogP contribution < -0.4 is 0 Å². The smallest absolute Gasteiger partial charge is 0.359 e. The summed E-state index contributed by atoms with van der Waals surface area (Å²) in [6.07, 6.45) is 0. The van der Waals surface area contributed by atoms with Crippen molar-refractivity contribution in [2.75, 3.05) is 6.61 Å². The summed E-state index contributed by atoms with van der Waals surface area (Å²) in [4.78, 5) is 18.0. The number of hydrogen-bond acceptors (Lipinski definition) is 5. The molecule has 0 saturated carbocycles. The van der Waals surface area contributed by atoms with E-state index in [1.54, 1.807) is 24.4 Å². The number of carbonyl (C=O) groups excluding carboxylic acids is 1. The SMILES string of the molecule is CCOC(=O)c1nc(-c2csc(CO)c2)n(-c2cccc(Cl)c2F)c1-c1ccc(F)c(Cl)c1. The van der Waals surface area contributed by atoms with Gasteiger partial charge in [0.25, 0.3) is 0 Å². The molecule has 10 heteroatoms. The lowest BCUT2D eigenvalue weighted by molar-refractivity contribution is 0.0521. The third-order valence-electron chi connectivity index (χ3n) is 4.78. The van der Waals surface area contributed by atoms with Gasteiger partial charge in [0.1, 0.15) is 11.6 Å². The van der Waals surface area contributed by atoms with E-state index in [9.17, 15) is 14.3 Å². The second kappa shape index (κ2) is 9.61. The van der Waals surface area contributed by atoms with Crippen LogP contribution in [0, 0.1) is 11.6 Å². The standard InChI is InChI=1S/C23H16Cl2F2N2O3S/c1-2-32-23(31)20-21(12-6-7-17(26)16(25)9-12)29(18-5-3-4-15(24)19(18)27)22(28-20)13-8-14(10-30)33-11-13/h3-9,11,30H,2,10H2,1H3. The van der Waals surface area contributed by atoms with Gasteiger partial charge in [0.15, 0.2) is 11.5 Å². The van der Waals surface area contributed by atoms with Crippen molar-refractivity contribution in [3.05, 3.63) is 80.1 Å². The summed E-state index contributed by atoms with van der Waals surface area (Å²) in [6.45, 7) is 1.54. The molecule has 33 heavy (non-hydrogen) atoms. The summed E-state index contributed by atoms with van der Waals surface area (Å²) >= 11 is 13.3. The number of aromatic nitrogens is 2. The second-order valence-corrected chi connectivity index (χ2v) is 8.66. The van der Waals surface area contributed by atoms with Crippen molar-refractivity contribution in [3.63, 3.8) is 0 Å². The minimum absolute atomic E-state index is 0.0211. The van der Waals surface area contributed by atoms with Gasteiger partial charge in [0.2, 0.25) is 0 Å². The van der Waals surface area contributed by atoms with Crippen LogP contribution in [-0.4, -0.2) is 27.2 Å². The Hall–Kier alpha value is -2.78. The summed E-state index contributed by atoms with van der Waals surface area (Å²) in [5.41, 5.74) is 0.926. The molecule has 0 unspecified atom stereocenters.